The molecule has 0 radical (unpaired) electrons. The second kappa shape index (κ2) is 12.6. The predicted molar refractivity (Wildman–Crippen MR) is 145 cm³/mol. The summed E-state index contributed by atoms with van der Waals surface area (Å²) in [5.41, 5.74) is 3.39. The van der Waals surface area contributed by atoms with Gasteiger partial charge >= 0.3 is 12.2 Å². The normalized spacial score (nSPS) is 16.1. The van der Waals surface area contributed by atoms with Crippen molar-refractivity contribution in [3.8, 4) is 16.9 Å². The van der Waals surface area contributed by atoms with Crippen molar-refractivity contribution < 1.29 is 37.0 Å². The lowest BCUT2D eigenvalue weighted by molar-refractivity contribution is -0.191. The van der Waals surface area contributed by atoms with Crippen molar-refractivity contribution in [1.29, 1.82) is 0 Å². The van der Waals surface area contributed by atoms with E-state index in [9.17, 15) is 18.0 Å². The summed E-state index contributed by atoms with van der Waals surface area (Å²) in [6.45, 7) is 8.45. The fourth-order valence-corrected chi connectivity index (χ4v) is 5.39. The highest BCUT2D eigenvalue weighted by atomic mass is 19.2. The highest BCUT2D eigenvalue weighted by molar-refractivity contribution is 5.90. The lowest BCUT2D eigenvalue weighted by atomic mass is 9.90. The maximum atomic E-state index is 14.8. The molecule has 41 heavy (non-hydrogen) atoms. The smallest absolute Gasteiger partial charge is 0.415 e. The monoisotopic (exact) mass is 568 g/mol. The fraction of sp³-hybridized carbons (Fsp3) is 0.355. The van der Waals surface area contributed by atoms with Gasteiger partial charge in [-0.05, 0) is 79.4 Å². The standard InChI is InChI=1S/C30H31F3N2O3.CO2/c1-4-37-26-16-21(24(15-20(26)3)23-8-9-25(31)28(33)27(23)32)17-34-12-10-30(11-13-34)18-35(29(36)38-30)22-7-5-6-19(2)14-22;2-1-3/h5-9,14-16H,4,10-13,17-18H2,1-3H3;. The average Bonchev–Trinajstić information content (AvgIpc) is 3.26. The molecular formula is C31H31F3N2O5. The van der Waals surface area contributed by atoms with E-state index in [4.69, 9.17) is 19.1 Å². The van der Waals surface area contributed by atoms with Crippen LogP contribution < -0.4 is 9.64 Å². The summed E-state index contributed by atoms with van der Waals surface area (Å²) >= 11 is 0. The molecule has 2 heterocycles. The van der Waals surface area contributed by atoms with E-state index in [0.29, 0.717) is 56.9 Å². The molecule has 1 spiro atoms. The number of amides is 1. The number of halogens is 3. The second-order valence-electron chi connectivity index (χ2n) is 10.3. The van der Waals surface area contributed by atoms with Crippen LogP contribution in [0.4, 0.5) is 23.7 Å². The van der Waals surface area contributed by atoms with Crippen LogP contribution in [-0.4, -0.2) is 49.0 Å². The fourth-order valence-electron chi connectivity index (χ4n) is 5.39. The zero-order chi connectivity index (χ0) is 29.7. The minimum atomic E-state index is -1.49. The summed E-state index contributed by atoms with van der Waals surface area (Å²) in [5.74, 6) is -3.24. The third kappa shape index (κ3) is 6.45. The predicted octanol–water partition coefficient (Wildman–Crippen LogP) is 6.19. The van der Waals surface area contributed by atoms with Gasteiger partial charge in [-0.25, -0.2) is 18.0 Å². The molecule has 3 aromatic carbocycles. The molecule has 2 fully saturated rings. The van der Waals surface area contributed by atoms with E-state index in [1.165, 1.54) is 6.07 Å². The van der Waals surface area contributed by atoms with Crippen LogP contribution in [-0.2, 0) is 20.9 Å². The van der Waals surface area contributed by atoms with Crippen LogP contribution in [0.1, 0.15) is 36.5 Å². The summed E-state index contributed by atoms with van der Waals surface area (Å²) in [6, 6.07) is 13.6. The molecular weight excluding hydrogens is 537 g/mol. The van der Waals surface area contributed by atoms with Gasteiger partial charge < -0.3 is 9.47 Å². The molecule has 7 nitrogen and oxygen atoms in total. The molecule has 0 atom stereocenters. The lowest BCUT2D eigenvalue weighted by Gasteiger charge is -2.37. The molecule has 0 saturated carbocycles. The zero-order valence-corrected chi connectivity index (χ0v) is 23.1. The Balaban J connectivity index is 0.00000124. The number of rotatable bonds is 6. The van der Waals surface area contributed by atoms with E-state index in [2.05, 4.69) is 4.90 Å². The first-order chi connectivity index (χ1) is 19.6. The summed E-state index contributed by atoms with van der Waals surface area (Å²) in [4.78, 5) is 32.9. The minimum Gasteiger partial charge on any atom is -0.494 e. The number of hydrogen-bond donors (Lipinski definition) is 0. The van der Waals surface area contributed by atoms with E-state index < -0.39 is 23.1 Å². The molecule has 0 bridgehead atoms. The summed E-state index contributed by atoms with van der Waals surface area (Å²) in [6.07, 6.45) is 1.22. The van der Waals surface area contributed by atoms with Gasteiger partial charge in [0.25, 0.3) is 0 Å². The average molecular weight is 569 g/mol. The van der Waals surface area contributed by atoms with Gasteiger partial charge in [-0.15, -0.1) is 0 Å². The molecule has 216 valence electrons. The summed E-state index contributed by atoms with van der Waals surface area (Å²) in [5, 5.41) is 0. The first-order valence-corrected chi connectivity index (χ1v) is 13.3. The van der Waals surface area contributed by atoms with Gasteiger partial charge in [-0.1, -0.05) is 12.1 Å². The Kier molecular flexibility index (Phi) is 9.15. The molecule has 1 amide bonds. The molecule has 0 N–H and O–H groups in total. The molecule has 10 heteroatoms. The van der Waals surface area contributed by atoms with Gasteiger partial charge in [0.1, 0.15) is 11.4 Å². The molecule has 2 saturated heterocycles. The molecule has 5 rings (SSSR count). The first-order valence-electron chi connectivity index (χ1n) is 13.3. The number of anilines is 1. The van der Waals surface area contributed by atoms with Crippen molar-refractivity contribution in [2.75, 3.05) is 31.1 Å². The number of hydrogen-bond acceptors (Lipinski definition) is 6. The lowest BCUT2D eigenvalue weighted by Crippen LogP contribution is -2.46. The number of ether oxygens (including phenoxy) is 2. The van der Waals surface area contributed by atoms with Crippen molar-refractivity contribution in [3.05, 3.63) is 82.7 Å². The van der Waals surface area contributed by atoms with Crippen molar-refractivity contribution >= 4 is 17.9 Å². The Morgan fingerprint density at radius 1 is 0.976 bits per heavy atom. The number of carbonyl (C=O) groups excluding carboxylic acids is 3. The zero-order valence-electron chi connectivity index (χ0n) is 23.1. The number of benzene rings is 3. The van der Waals surface area contributed by atoms with E-state index in [1.54, 1.807) is 11.0 Å². The molecule has 3 aromatic rings. The number of carbonyl (C=O) groups is 1. The van der Waals surface area contributed by atoms with Crippen molar-refractivity contribution in [2.24, 2.45) is 0 Å². The van der Waals surface area contributed by atoms with Crippen LogP contribution in [0.15, 0.2) is 48.5 Å². The third-order valence-corrected chi connectivity index (χ3v) is 7.47. The number of nitrogens with zero attached hydrogens (tertiary/aromatic N) is 2. The van der Waals surface area contributed by atoms with Crippen LogP contribution in [0.2, 0.25) is 0 Å². The first kappa shape index (κ1) is 29.8. The Hall–Kier alpha value is -4.14. The molecule has 0 aliphatic carbocycles. The number of aryl methyl sites for hydroxylation is 2. The molecule has 0 aromatic heterocycles. The second-order valence-corrected chi connectivity index (χ2v) is 10.3. The van der Waals surface area contributed by atoms with Crippen molar-refractivity contribution in [3.63, 3.8) is 0 Å². The van der Waals surface area contributed by atoms with Gasteiger partial charge in [0, 0.05) is 43.7 Å². The van der Waals surface area contributed by atoms with Crippen LogP contribution in [0.5, 0.6) is 5.75 Å². The van der Waals surface area contributed by atoms with Crippen LogP contribution in [0.3, 0.4) is 0 Å². The van der Waals surface area contributed by atoms with Gasteiger partial charge in [-0.2, -0.15) is 9.59 Å². The topological polar surface area (TPSA) is 76.2 Å². The van der Waals surface area contributed by atoms with Gasteiger partial charge in [0.15, 0.2) is 17.5 Å². The maximum absolute atomic E-state index is 14.8. The number of likely N-dealkylation sites (tertiary alicyclic amines) is 1. The van der Waals surface area contributed by atoms with Crippen LogP contribution in [0.25, 0.3) is 11.1 Å². The summed E-state index contributed by atoms with van der Waals surface area (Å²) in [7, 11) is 0. The Bertz CT molecular complexity index is 1460. The van der Waals surface area contributed by atoms with Gasteiger partial charge in [-0.3, -0.25) is 9.80 Å². The van der Waals surface area contributed by atoms with E-state index in [0.717, 1.165) is 28.4 Å². The van der Waals surface area contributed by atoms with E-state index in [-0.39, 0.29) is 17.8 Å². The molecule has 0 unspecified atom stereocenters. The molecule has 2 aliphatic heterocycles. The Labute approximate surface area is 236 Å². The maximum Gasteiger partial charge on any atom is 0.415 e. The van der Waals surface area contributed by atoms with Gasteiger partial charge in [0.05, 0.1) is 13.2 Å². The van der Waals surface area contributed by atoms with Crippen LogP contribution >= 0.6 is 0 Å². The van der Waals surface area contributed by atoms with Crippen molar-refractivity contribution in [2.45, 2.75) is 45.8 Å². The third-order valence-electron chi connectivity index (χ3n) is 7.47. The number of piperidine rings is 1. The Morgan fingerprint density at radius 2 is 1.68 bits per heavy atom. The highest BCUT2D eigenvalue weighted by Gasteiger charge is 2.47. The Morgan fingerprint density at radius 3 is 2.34 bits per heavy atom. The highest BCUT2D eigenvalue weighted by Crippen LogP contribution is 2.38. The quantitative estimate of drug-likeness (QED) is 0.330. The van der Waals surface area contributed by atoms with Crippen molar-refractivity contribution in [1.82, 2.24) is 4.90 Å². The SMILES string of the molecule is CCOc1cc(CN2CCC3(CC2)CN(c2cccc(C)c2)C(=O)O3)c(-c2ccc(F)c(F)c2F)cc1C.O=C=O. The molecule has 2 aliphatic rings. The van der Waals surface area contributed by atoms with Crippen LogP contribution in [0, 0.1) is 31.3 Å². The minimum absolute atomic E-state index is 0.0112. The van der Waals surface area contributed by atoms with Gasteiger partial charge in [0.2, 0.25) is 0 Å². The largest absolute Gasteiger partial charge is 0.494 e. The summed E-state index contributed by atoms with van der Waals surface area (Å²) < 4.78 is 54.2. The van der Waals surface area contributed by atoms with E-state index >= 15 is 0 Å². The van der Waals surface area contributed by atoms with E-state index in [1.807, 2.05) is 51.1 Å².